The average Bonchev–Trinajstić information content (AvgIpc) is 2.94. The first-order valence-corrected chi connectivity index (χ1v) is 6.63. The van der Waals surface area contributed by atoms with Crippen molar-refractivity contribution in [2.75, 3.05) is 18.2 Å². The summed E-state index contributed by atoms with van der Waals surface area (Å²) in [5.41, 5.74) is 6.33. The summed E-state index contributed by atoms with van der Waals surface area (Å²) in [5, 5.41) is 5.24. The number of rotatable bonds is 4. The van der Waals surface area contributed by atoms with Crippen LogP contribution in [0, 0.1) is 0 Å². The minimum atomic E-state index is -0.466. The fourth-order valence-corrected chi connectivity index (χ4v) is 2.40. The molecule has 0 aliphatic rings. The maximum absolute atomic E-state index is 11.5. The Morgan fingerprint density at radius 2 is 2.37 bits per heavy atom. The number of carbonyl (C=O) groups is 1. The van der Waals surface area contributed by atoms with Crippen LogP contribution in [0.3, 0.4) is 0 Å². The van der Waals surface area contributed by atoms with Crippen molar-refractivity contribution in [1.82, 2.24) is 4.98 Å². The molecule has 5 nitrogen and oxygen atoms in total. The number of carbonyl (C=O) groups excluding carboxylic acids is 1. The fourth-order valence-electron chi connectivity index (χ4n) is 1.66. The molecule has 2 aromatic heterocycles. The maximum Gasteiger partial charge on any atom is 0.340 e. The van der Waals surface area contributed by atoms with E-state index in [0.717, 1.165) is 0 Å². The lowest BCUT2D eigenvalue weighted by Gasteiger charge is -2.14. The molecule has 19 heavy (non-hydrogen) atoms. The van der Waals surface area contributed by atoms with E-state index in [9.17, 15) is 4.79 Å². The molecule has 3 N–H and O–H groups in total. The lowest BCUT2D eigenvalue weighted by atomic mass is 10.2. The van der Waals surface area contributed by atoms with Crippen molar-refractivity contribution in [3.05, 3.63) is 40.2 Å². The van der Waals surface area contributed by atoms with E-state index in [-0.39, 0.29) is 6.04 Å². The Kier molecular flexibility index (Phi) is 4.01. The summed E-state index contributed by atoms with van der Waals surface area (Å²) in [6, 6.07) is 5.75. The van der Waals surface area contributed by atoms with E-state index in [4.69, 9.17) is 5.73 Å². The van der Waals surface area contributed by atoms with Crippen LogP contribution in [0.5, 0.6) is 0 Å². The zero-order chi connectivity index (χ0) is 13.8. The van der Waals surface area contributed by atoms with E-state index in [0.29, 0.717) is 17.1 Å². The number of thiophene rings is 1. The third-order valence-electron chi connectivity index (χ3n) is 2.67. The zero-order valence-electron chi connectivity index (χ0n) is 10.7. The van der Waals surface area contributed by atoms with E-state index >= 15 is 0 Å². The SMILES string of the molecule is COC(=O)c1cc(NC(C)c2cccs2)ncc1N. The Hall–Kier alpha value is -2.08. The second kappa shape index (κ2) is 5.71. The van der Waals surface area contributed by atoms with Gasteiger partial charge in [0.05, 0.1) is 30.6 Å². The van der Waals surface area contributed by atoms with Crippen molar-refractivity contribution >= 4 is 28.8 Å². The summed E-state index contributed by atoms with van der Waals surface area (Å²) < 4.78 is 4.68. The maximum atomic E-state index is 11.5. The van der Waals surface area contributed by atoms with Gasteiger partial charge < -0.3 is 15.8 Å². The van der Waals surface area contributed by atoms with Crippen molar-refractivity contribution in [1.29, 1.82) is 0 Å². The smallest absolute Gasteiger partial charge is 0.340 e. The molecule has 0 saturated heterocycles. The topological polar surface area (TPSA) is 77.2 Å². The van der Waals surface area contributed by atoms with Crippen LogP contribution in [0.4, 0.5) is 11.5 Å². The monoisotopic (exact) mass is 277 g/mol. The highest BCUT2D eigenvalue weighted by Gasteiger charge is 2.13. The molecule has 0 saturated carbocycles. The molecule has 6 heteroatoms. The molecular formula is C13H15N3O2S. The molecule has 2 aromatic rings. The van der Waals surface area contributed by atoms with Crippen LogP contribution in [0.1, 0.15) is 28.2 Å². The highest BCUT2D eigenvalue weighted by Crippen LogP contribution is 2.23. The number of nitrogens with zero attached hydrogens (tertiary/aromatic N) is 1. The van der Waals surface area contributed by atoms with Gasteiger partial charge in [-0.25, -0.2) is 9.78 Å². The van der Waals surface area contributed by atoms with Crippen molar-refractivity contribution < 1.29 is 9.53 Å². The minimum Gasteiger partial charge on any atom is -0.465 e. The molecule has 0 aromatic carbocycles. The number of nitrogens with one attached hydrogen (secondary N) is 1. The third-order valence-corrected chi connectivity index (χ3v) is 3.73. The number of hydrogen-bond donors (Lipinski definition) is 2. The van der Waals surface area contributed by atoms with Gasteiger partial charge in [0.15, 0.2) is 0 Å². The minimum absolute atomic E-state index is 0.113. The molecule has 2 rings (SSSR count). The largest absolute Gasteiger partial charge is 0.465 e. The molecule has 0 amide bonds. The van der Waals surface area contributed by atoms with Crippen LogP contribution in [0.15, 0.2) is 29.8 Å². The van der Waals surface area contributed by atoms with Gasteiger partial charge in [-0.05, 0) is 24.4 Å². The van der Waals surface area contributed by atoms with Gasteiger partial charge in [-0.2, -0.15) is 0 Å². The normalized spacial score (nSPS) is 11.9. The van der Waals surface area contributed by atoms with E-state index in [1.807, 2.05) is 24.4 Å². The molecular weight excluding hydrogens is 262 g/mol. The van der Waals surface area contributed by atoms with Crippen LogP contribution in [0.25, 0.3) is 0 Å². The second-order valence-corrected chi connectivity index (χ2v) is 5.01. The summed E-state index contributed by atoms with van der Waals surface area (Å²) in [7, 11) is 1.32. The quantitative estimate of drug-likeness (QED) is 0.840. The Morgan fingerprint density at radius 3 is 3.00 bits per heavy atom. The van der Waals surface area contributed by atoms with Crippen LogP contribution < -0.4 is 11.1 Å². The number of pyridine rings is 1. The molecule has 1 unspecified atom stereocenters. The van der Waals surface area contributed by atoms with Crippen molar-refractivity contribution in [3.63, 3.8) is 0 Å². The van der Waals surface area contributed by atoms with Gasteiger partial charge in [-0.15, -0.1) is 11.3 Å². The van der Waals surface area contributed by atoms with Crippen molar-refractivity contribution in [2.24, 2.45) is 0 Å². The molecule has 0 radical (unpaired) electrons. The number of aromatic nitrogens is 1. The first kappa shape index (κ1) is 13.4. The second-order valence-electron chi connectivity index (χ2n) is 4.03. The Balaban J connectivity index is 2.19. The molecule has 0 bridgehead atoms. The van der Waals surface area contributed by atoms with Crippen LogP contribution in [-0.2, 0) is 4.74 Å². The zero-order valence-corrected chi connectivity index (χ0v) is 11.5. The highest BCUT2D eigenvalue weighted by molar-refractivity contribution is 7.10. The number of ether oxygens (including phenoxy) is 1. The summed E-state index contributed by atoms with van der Waals surface area (Å²) in [5.74, 6) is 0.127. The molecule has 0 aliphatic heterocycles. The van der Waals surface area contributed by atoms with Crippen LogP contribution in [0.2, 0.25) is 0 Å². The van der Waals surface area contributed by atoms with Gasteiger partial charge >= 0.3 is 5.97 Å². The Morgan fingerprint density at radius 1 is 1.58 bits per heavy atom. The molecule has 0 fully saturated rings. The predicted molar refractivity (Wildman–Crippen MR) is 76.3 cm³/mol. The predicted octanol–water partition coefficient (Wildman–Crippen LogP) is 2.68. The van der Waals surface area contributed by atoms with Gasteiger partial charge in [0.1, 0.15) is 5.82 Å². The fraction of sp³-hybridized carbons (Fsp3) is 0.231. The molecule has 2 heterocycles. The number of nitrogens with two attached hydrogens (primary N) is 1. The lowest BCUT2D eigenvalue weighted by Crippen LogP contribution is -2.10. The number of esters is 1. The first-order valence-electron chi connectivity index (χ1n) is 5.75. The molecule has 0 aliphatic carbocycles. The van der Waals surface area contributed by atoms with Gasteiger partial charge in [-0.3, -0.25) is 0 Å². The summed E-state index contributed by atoms with van der Waals surface area (Å²) in [6.07, 6.45) is 1.45. The Labute approximate surface area is 115 Å². The summed E-state index contributed by atoms with van der Waals surface area (Å²) in [6.45, 7) is 2.03. The lowest BCUT2D eigenvalue weighted by molar-refractivity contribution is 0.0602. The summed E-state index contributed by atoms with van der Waals surface area (Å²) >= 11 is 1.66. The van der Waals surface area contributed by atoms with E-state index < -0.39 is 5.97 Å². The third kappa shape index (κ3) is 3.03. The van der Waals surface area contributed by atoms with Crippen LogP contribution in [-0.4, -0.2) is 18.1 Å². The van der Waals surface area contributed by atoms with E-state index in [1.165, 1.54) is 18.2 Å². The number of nitrogen functional groups attached to an aromatic ring is 1. The average molecular weight is 277 g/mol. The number of hydrogen-bond acceptors (Lipinski definition) is 6. The standard InChI is InChI=1S/C13H15N3O2S/c1-8(11-4-3-5-19-11)16-12-6-9(13(17)18-2)10(14)7-15-12/h3-8H,14H2,1-2H3,(H,15,16). The molecule has 1 atom stereocenters. The van der Waals surface area contributed by atoms with Crippen LogP contribution >= 0.6 is 11.3 Å². The summed E-state index contributed by atoms with van der Waals surface area (Å²) in [4.78, 5) is 16.9. The van der Waals surface area contributed by atoms with Gasteiger partial charge in [0, 0.05) is 4.88 Å². The molecule has 100 valence electrons. The Bertz CT molecular complexity index is 569. The van der Waals surface area contributed by atoms with E-state index in [1.54, 1.807) is 17.4 Å². The van der Waals surface area contributed by atoms with Gasteiger partial charge in [0.25, 0.3) is 0 Å². The first-order chi connectivity index (χ1) is 9.11. The molecule has 0 spiro atoms. The van der Waals surface area contributed by atoms with Gasteiger partial charge in [0.2, 0.25) is 0 Å². The van der Waals surface area contributed by atoms with Crippen molar-refractivity contribution in [2.45, 2.75) is 13.0 Å². The van der Waals surface area contributed by atoms with Crippen molar-refractivity contribution in [3.8, 4) is 0 Å². The van der Waals surface area contributed by atoms with Gasteiger partial charge in [-0.1, -0.05) is 6.07 Å². The number of methoxy groups -OCH3 is 1. The highest BCUT2D eigenvalue weighted by atomic mass is 32.1. The van der Waals surface area contributed by atoms with E-state index in [2.05, 4.69) is 15.0 Å². The number of anilines is 2.